The fourth-order valence-corrected chi connectivity index (χ4v) is 3.02. The maximum Gasteiger partial charge on any atom is 0.174 e. The smallest absolute Gasteiger partial charge is 0.174 e. The number of ether oxygens (including phenoxy) is 2. The van der Waals surface area contributed by atoms with Gasteiger partial charge in [-0.15, -0.1) is 0 Å². The van der Waals surface area contributed by atoms with Gasteiger partial charge in [0, 0.05) is 6.61 Å². The van der Waals surface area contributed by atoms with Crippen LogP contribution in [0.5, 0.6) is 11.5 Å². The SMILES string of the molecule is COc1c(Br)cc(CCO)cc1OC1CCCC1. The Balaban J connectivity index is 2.23. The lowest BCUT2D eigenvalue weighted by Gasteiger charge is -2.18. The van der Waals surface area contributed by atoms with Crippen LogP contribution in [0.4, 0.5) is 0 Å². The Morgan fingerprint density at radius 1 is 1.33 bits per heavy atom. The quantitative estimate of drug-likeness (QED) is 0.906. The topological polar surface area (TPSA) is 38.7 Å². The molecule has 3 nitrogen and oxygen atoms in total. The molecule has 1 aromatic rings. The minimum absolute atomic E-state index is 0.141. The second kappa shape index (κ2) is 6.43. The lowest BCUT2D eigenvalue weighted by atomic mass is 10.1. The summed E-state index contributed by atoms with van der Waals surface area (Å²) in [6.45, 7) is 0.141. The molecule has 0 spiro atoms. The molecule has 0 saturated heterocycles. The van der Waals surface area contributed by atoms with Crippen LogP contribution < -0.4 is 9.47 Å². The summed E-state index contributed by atoms with van der Waals surface area (Å²) in [7, 11) is 1.65. The molecule has 18 heavy (non-hydrogen) atoms. The molecule has 1 saturated carbocycles. The lowest BCUT2D eigenvalue weighted by Crippen LogP contribution is -2.12. The molecule has 0 heterocycles. The van der Waals surface area contributed by atoms with Crippen LogP contribution in [0.1, 0.15) is 31.2 Å². The molecule has 4 heteroatoms. The lowest BCUT2D eigenvalue weighted by molar-refractivity contribution is 0.200. The third kappa shape index (κ3) is 3.18. The van der Waals surface area contributed by atoms with Crippen molar-refractivity contribution >= 4 is 15.9 Å². The van der Waals surface area contributed by atoms with Gasteiger partial charge in [0.15, 0.2) is 11.5 Å². The van der Waals surface area contributed by atoms with E-state index >= 15 is 0 Å². The van der Waals surface area contributed by atoms with Gasteiger partial charge >= 0.3 is 0 Å². The fourth-order valence-electron chi connectivity index (χ4n) is 2.37. The number of benzene rings is 1. The van der Waals surface area contributed by atoms with Crippen molar-refractivity contribution in [3.05, 3.63) is 22.2 Å². The number of methoxy groups -OCH3 is 1. The molecule has 0 aliphatic heterocycles. The van der Waals surface area contributed by atoms with E-state index in [-0.39, 0.29) is 6.61 Å². The third-order valence-electron chi connectivity index (χ3n) is 3.27. The largest absolute Gasteiger partial charge is 0.492 e. The van der Waals surface area contributed by atoms with Gasteiger partial charge < -0.3 is 14.6 Å². The van der Waals surface area contributed by atoms with Gasteiger partial charge in [0.2, 0.25) is 0 Å². The second-order valence-corrected chi connectivity index (χ2v) is 5.46. The molecule has 0 amide bonds. The number of halogens is 1. The Bertz CT molecular complexity index is 400. The molecule has 100 valence electrons. The van der Waals surface area contributed by atoms with Gasteiger partial charge in [0.1, 0.15) is 0 Å². The van der Waals surface area contributed by atoms with Crippen molar-refractivity contribution in [1.29, 1.82) is 0 Å². The molecule has 1 fully saturated rings. The predicted octanol–water partition coefficient (Wildman–Crippen LogP) is 3.31. The Labute approximate surface area is 116 Å². The average molecular weight is 315 g/mol. The molecule has 0 radical (unpaired) electrons. The van der Waals surface area contributed by atoms with Gasteiger partial charge in [-0.25, -0.2) is 0 Å². The molecule has 1 aliphatic carbocycles. The van der Waals surface area contributed by atoms with Crippen molar-refractivity contribution < 1.29 is 14.6 Å². The highest BCUT2D eigenvalue weighted by atomic mass is 79.9. The normalized spacial score (nSPS) is 15.9. The van der Waals surface area contributed by atoms with Crippen LogP contribution >= 0.6 is 15.9 Å². The first-order valence-electron chi connectivity index (χ1n) is 6.38. The Hall–Kier alpha value is -0.740. The van der Waals surface area contributed by atoms with E-state index in [4.69, 9.17) is 14.6 Å². The summed E-state index contributed by atoms with van der Waals surface area (Å²) in [5.41, 5.74) is 1.05. The maximum atomic E-state index is 9.02. The maximum absolute atomic E-state index is 9.02. The summed E-state index contributed by atoms with van der Waals surface area (Å²) in [6.07, 6.45) is 5.64. The summed E-state index contributed by atoms with van der Waals surface area (Å²) in [5.74, 6) is 1.52. The predicted molar refractivity (Wildman–Crippen MR) is 74.4 cm³/mol. The Kier molecular flexibility index (Phi) is 4.89. The van der Waals surface area contributed by atoms with E-state index in [0.717, 1.165) is 34.4 Å². The van der Waals surface area contributed by atoms with Crippen molar-refractivity contribution in [2.24, 2.45) is 0 Å². The number of hydrogen-bond acceptors (Lipinski definition) is 3. The van der Waals surface area contributed by atoms with Gasteiger partial charge in [-0.2, -0.15) is 0 Å². The number of rotatable bonds is 5. The molecule has 0 bridgehead atoms. The van der Waals surface area contributed by atoms with Crippen LogP contribution in [0, 0.1) is 0 Å². The van der Waals surface area contributed by atoms with Crippen molar-refractivity contribution in [2.75, 3.05) is 13.7 Å². The Morgan fingerprint density at radius 3 is 2.67 bits per heavy atom. The van der Waals surface area contributed by atoms with E-state index in [9.17, 15) is 0 Å². The minimum atomic E-state index is 0.141. The average Bonchev–Trinajstić information content (AvgIpc) is 2.82. The molecule has 1 aromatic carbocycles. The molecule has 1 N–H and O–H groups in total. The van der Waals surface area contributed by atoms with E-state index in [0.29, 0.717) is 12.5 Å². The van der Waals surface area contributed by atoms with E-state index in [2.05, 4.69) is 15.9 Å². The zero-order valence-corrected chi connectivity index (χ0v) is 12.2. The van der Waals surface area contributed by atoms with Crippen molar-refractivity contribution in [3.8, 4) is 11.5 Å². The highest BCUT2D eigenvalue weighted by Crippen LogP contribution is 2.38. The third-order valence-corrected chi connectivity index (χ3v) is 3.86. The number of aliphatic hydroxyl groups is 1. The first kappa shape index (κ1) is 13.7. The van der Waals surface area contributed by atoms with E-state index in [1.165, 1.54) is 12.8 Å². The van der Waals surface area contributed by atoms with Crippen LogP contribution in [0.2, 0.25) is 0 Å². The van der Waals surface area contributed by atoms with Gasteiger partial charge in [-0.3, -0.25) is 0 Å². The summed E-state index contributed by atoms with van der Waals surface area (Å²) in [4.78, 5) is 0. The highest BCUT2D eigenvalue weighted by molar-refractivity contribution is 9.10. The zero-order valence-electron chi connectivity index (χ0n) is 10.6. The number of aliphatic hydroxyl groups excluding tert-OH is 1. The standard InChI is InChI=1S/C14H19BrO3/c1-17-14-12(15)8-10(6-7-16)9-13(14)18-11-4-2-3-5-11/h8-9,11,16H,2-7H2,1H3. The first-order chi connectivity index (χ1) is 8.74. The van der Waals surface area contributed by atoms with Crippen LogP contribution in [-0.2, 0) is 6.42 Å². The zero-order chi connectivity index (χ0) is 13.0. The second-order valence-electron chi connectivity index (χ2n) is 4.61. The number of hydrogen-bond donors (Lipinski definition) is 1. The van der Waals surface area contributed by atoms with E-state index in [1.807, 2.05) is 12.1 Å². The van der Waals surface area contributed by atoms with Crippen molar-refractivity contribution in [3.63, 3.8) is 0 Å². The molecular weight excluding hydrogens is 296 g/mol. The van der Waals surface area contributed by atoms with Crippen LogP contribution in [0.15, 0.2) is 16.6 Å². The van der Waals surface area contributed by atoms with E-state index < -0.39 is 0 Å². The summed E-state index contributed by atoms with van der Waals surface area (Å²) in [5, 5.41) is 9.02. The molecule has 1 aliphatic rings. The van der Waals surface area contributed by atoms with Gasteiger partial charge in [-0.05, 0) is 65.7 Å². The fraction of sp³-hybridized carbons (Fsp3) is 0.571. The van der Waals surface area contributed by atoms with Gasteiger partial charge in [-0.1, -0.05) is 0 Å². The van der Waals surface area contributed by atoms with Crippen molar-refractivity contribution in [1.82, 2.24) is 0 Å². The van der Waals surface area contributed by atoms with Gasteiger partial charge in [0.05, 0.1) is 17.7 Å². The monoisotopic (exact) mass is 314 g/mol. The first-order valence-corrected chi connectivity index (χ1v) is 7.18. The highest BCUT2D eigenvalue weighted by Gasteiger charge is 2.20. The summed E-state index contributed by atoms with van der Waals surface area (Å²) >= 11 is 3.49. The minimum Gasteiger partial charge on any atom is -0.492 e. The van der Waals surface area contributed by atoms with Crippen LogP contribution in [0.3, 0.4) is 0 Å². The molecular formula is C14H19BrO3. The molecule has 2 rings (SSSR count). The van der Waals surface area contributed by atoms with Gasteiger partial charge in [0.25, 0.3) is 0 Å². The van der Waals surface area contributed by atoms with Crippen LogP contribution in [-0.4, -0.2) is 24.9 Å². The Morgan fingerprint density at radius 2 is 2.06 bits per heavy atom. The summed E-state index contributed by atoms with van der Waals surface area (Å²) < 4.78 is 12.3. The van der Waals surface area contributed by atoms with Crippen molar-refractivity contribution in [2.45, 2.75) is 38.2 Å². The molecule has 0 atom stereocenters. The van der Waals surface area contributed by atoms with Crippen LogP contribution in [0.25, 0.3) is 0 Å². The van der Waals surface area contributed by atoms with E-state index in [1.54, 1.807) is 7.11 Å². The molecule has 0 aromatic heterocycles. The summed E-state index contributed by atoms with van der Waals surface area (Å²) in [6, 6.07) is 3.94. The molecule has 0 unspecified atom stereocenters.